The van der Waals surface area contributed by atoms with Crippen molar-refractivity contribution in [3.8, 4) is 0 Å². The molecule has 0 aromatic rings. The number of carbonyl (C=O) groups is 1. The number of nitrogens with zero attached hydrogens (tertiary/aromatic N) is 1. The normalized spacial score (nSPS) is 13.7. The molecule has 0 fully saturated rings. The molecular weight excluding hydrogens is 216 g/mol. The third kappa shape index (κ3) is 4.28. The summed E-state index contributed by atoms with van der Waals surface area (Å²) in [6.45, 7) is 13.6. The lowest BCUT2D eigenvalue weighted by Crippen LogP contribution is -2.58. The van der Waals surface area contributed by atoms with Crippen LogP contribution in [0.3, 0.4) is 0 Å². The first-order valence-electron chi connectivity index (χ1n) is 6.13. The van der Waals surface area contributed by atoms with E-state index in [0.717, 1.165) is 0 Å². The van der Waals surface area contributed by atoms with Gasteiger partial charge in [0.2, 0.25) is 5.91 Å². The number of hydrogen-bond donors (Lipinski definition) is 2. The van der Waals surface area contributed by atoms with Gasteiger partial charge in [0.15, 0.2) is 0 Å². The smallest absolute Gasteiger partial charge is 0.230 e. The Labute approximate surface area is 105 Å². The summed E-state index contributed by atoms with van der Waals surface area (Å²) in [5.41, 5.74) is 3.91. The minimum Gasteiger partial charge on any atom is -0.389 e. The summed E-state index contributed by atoms with van der Waals surface area (Å²) in [6.07, 6.45) is 0. The van der Waals surface area contributed by atoms with E-state index in [0.29, 0.717) is 13.1 Å². The van der Waals surface area contributed by atoms with E-state index < -0.39 is 16.6 Å². The Balaban J connectivity index is 5.01. The molecule has 3 N–H and O–H groups in total. The third-order valence-electron chi connectivity index (χ3n) is 3.39. The molecule has 0 aromatic heterocycles. The van der Waals surface area contributed by atoms with Crippen molar-refractivity contribution in [1.29, 1.82) is 0 Å². The van der Waals surface area contributed by atoms with Crippen LogP contribution in [0.1, 0.15) is 48.5 Å². The average Bonchev–Trinajstić information content (AvgIpc) is 2.09. The van der Waals surface area contributed by atoms with Gasteiger partial charge in [0.1, 0.15) is 0 Å². The Morgan fingerprint density at radius 3 is 1.82 bits per heavy atom. The zero-order valence-electron chi connectivity index (χ0n) is 12.3. The summed E-state index contributed by atoms with van der Waals surface area (Å²) in [6, 6.07) is 0. The van der Waals surface area contributed by atoms with E-state index in [1.54, 1.807) is 18.7 Å². The molecule has 4 heteroatoms. The summed E-state index contributed by atoms with van der Waals surface area (Å²) >= 11 is 0. The fraction of sp³-hybridized carbons (Fsp3) is 0.923. The van der Waals surface area contributed by atoms with Crippen molar-refractivity contribution in [2.45, 2.75) is 59.6 Å². The highest BCUT2D eigenvalue weighted by molar-refractivity contribution is 5.83. The van der Waals surface area contributed by atoms with Crippen LogP contribution >= 0.6 is 0 Å². The van der Waals surface area contributed by atoms with Gasteiger partial charge in [-0.1, -0.05) is 0 Å². The molecule has 0 atom stereocenters. The topological polar surface area (TPSA) is 66.6 Å². The fourth-order valence-corrected chi connectivity index (χ4v) is 1.47. The van der Waals surface area contributed by atoms with Crippen LogP contribution in [-0.4, -0.2) is 40.1 Å². The van der Waals surface area contributed by atoms with Gasteiger partial charge in [-0.3, -0.25) is 4.79 Å². The molecule has 0 saturated heterocycles. The Morgan fingerprint density at radius 2 is 1.59 bits per heavy atom. The number of hydrogen-bond acceptors (Lipinski definition) is 3. The summed E-state index contributed by atoms with van der Waals surface area (Å²) in [5, 5.41) is 9.81. The zero-order valence-corrected chi connectivity index (χ0v) is 12.3. The SMILES string of the molecule is CCN(CC(C)(C)O)C(=O)C(C)(C)C(C)(C)N. The highest BCUT2D eigenvalue weighted by Crippen LogP contribution is 2.31. The molecule has 0 aliphatic heterocycles. The number of rotatable bonds is 5. The molecule has 0 heterocycles. The zero-order chi connectivity index (χ0) is 14.1. The number of aliphatic hydroxyl groups is 1. The van der Waals surface area contributed by atoms with Crippen LogP contribution in [-0.2, 0) is 4.79 Å². The maximum Gasteiger partial charge on any atom is 0.230 e. The molecule has 102 valence electrons. The average molecular weight is 244 g/mol. The van der Waals surface area contributed by atoms with Gasteiger partial charge in [-0.25, -0.2) is 0 Å². The van der Waals surface area contributed by atoms with E-state index in [2.05, 4.69) is 0 Å². The van der Waals surface area contributed by atoms with Gasteiger partial charge in [0, 0.05) is 18.6 Å². The first kappa shape index (κ1) is 16.4. The van der Waals surface area contributed by atoms with Crippen molar-refractivity contribution in [3.05, 3.63) is 0 Å². The van der Waals surface area contributed by atoms with Gasteiger partial charge < -0.3 is 15.7 Å². The minimum absolute atomic E-state index is 0.0189. The molecule has 0 aliphatic rings. The highest BCUT2D eigenvalue weighted by Gasteiger charge is 2.43. The Hall–Kier alpha value is -0.610. The predicted octanol–water partition coefficient (Wildman–Crippen LogP) is 1.37. The second kappa shape index (κ2) is 4.94. The molecule has 0 saturated carbocycles. The summed E-state index contributed by atoms with van der Waals surface area (Å²) in [4.78, 5) is 14.1. The molecule has 0 aromatic carbocycles. The predicted molar refractivity (Wildman–Crippen MR) is 70.6 cm³/mol. The van der Waals surface area contributed by atoms with Crippen molar-refractivity contribution in [2.75, 3.05) is 13.1 Å². The van der Waals surface area contributed by atoms with Gasteiger partial charge in [0.25, 0.3) is 0 Å². The number of carbonyl (C=O) groups excluding carboxylic acids is 1. The highest BCUT2D eigenvalue weighted by atomic mass is 16.3. The molecule has 0 aliphatic carbocycles. The molecule has 0 rings (SSSR count). The lowest BCUT2D eigenvalue weighted by Gasteiger charge is -2.41. The van der Waals surface area contributed by atoms with Crippen molar-refractivity contribution in [2.24, 2.45) is 11.1 Å². The van der Waals surface area contributed by atoms with Crippen LogP contribution in [0.15, 0.2) is 0 Å². The second-order valence-corrected chi connectivity index (χ2v) is 6.48. The molecule has 0 unspecified atom stereocenters. The van der Waals surface area contributed by atoms with Crippen molar-refractivity contribution < 1.29 is 9.90 Å². The van der Waals surface area contributed by atoms with Gasteiger partial charge in [-0.15, -0.1) is 0 Å². The van der Waals surface area contributed by atoms with Crippen LogP contribution in [0.2, 0.25) is 0 Å². The molecule has 17 heavy (non-hydrogen) atoms. The first-order valence-corrected chi connectivity index (χ1v) is 6.13. The maximum absolute atomic E-state index is 12.5. The van der Waals surface area contributed by atoms with Crippen molar-refractivity contribution in [3.63, 3.8) is 0 Å². The maximum atomic E-state index is 12.5. The van der Waals surface area contributed by atoms with E-state index in [-0.39, 0.29) is 5.91 Å². The lowest BCUT2D eigenvalue weighted by atomic mass is 9.74. The van der Waals surface area contributed by atoms with Crippen LogP contribution in [0, 0.1) is 5.41 Å². The van der Waals surface area contributed by atoms with E-state index in [9.17, 15) is 9.90 Å². The molecule has 0 bridgehead atoms. The largest absolute Gasteiger partial charge is 0.389 e. The van der Waals surface area contributed by atoms with Gasteiger partial charge in [0.05, 0.1) is 11.0 Å². The Bertz CT molecular complexity index is 272. The third-order valence-corrected chi connectivity index (χ3v) is 3.39. The standard InChI is InChI=1S/C13H28N2O2/c1-8-15(9-11(2,3)17)10(16)12(4,5)13(6,7)14/h17H,8-9,14H2,1-7H3. The quantitative estimate of drug-likeness (QED) is 0.767. The summed E-state index contributed by atoms with van der Waals surface area (Å²) in [7, 11) is 0. The number of amides is 1. The fourth-order valence-electron chi connectivity index (χ4n) is 1.47. The van der Waals surface area contributed by atoms with Crippen LogP contribution < -0.4 is 5.73 Å². The van der Waals surface area contributed by atoms with E-state index in [1.807, 2.05) is 34.6 Å². The summed E-state index contributed by atoms with van der Waals surface area (Å²) in [5.74, 6) is -0.0189. The number of likely N-dealkylation sites (N-methyl/N-ethyl adjacent to an activating group) is 1. The van der Waals surface area contributed by atoms with Crippen LogP contribution in [0.4, 0.5) is 0 Å². The molecule has 0 spiro atoms. The van der Waals surface area contributed by atoms with Crippen LogP contribution in [0.5, 0.6) is 0 Å². The first-order chi connectivity index (χ1) is 7.33. The second-order valence-electron chi connectivity index (χ2n) is 6.48. The van der Waals surface area contributed by atoms with Crippen LogP contribution in [0.25, 0.3) is 0 Å². The van der Waals surface area contributed by atoms with Crippen molar-refractivity contribution >= 4 is 5.91 Å². The Morgan fingerprint density at radius 1 is 1.18 bits per heavy atom. The minimum atomic E-state index is -0.888. The van der Waals surface area contributed by atoms with E-state index >= 15 is 0 Å². The van der Waals surface area contributed by atoms with Gasteiger partial charge >= 0.3 is 0 Å². The molecule has 0 radical (unpaired) electrons. The monoisotopic (exact) mass is 244 g/mol. The van der Waals surface area contributed by atoms with Gasteiger partial charge in [-0.2, -0.15) is 0 Å². The molecular formula is C13H28N2O2. The lowest BCUT2D eigenvalue weighted by molar-refractivity contribution is -0.146. The number of nitrogens with two attached hydrogens (primary N) is 1. The molecule has 4 nitrogen and oxygen atoms in total. The van der Waals surface area contributed by atoms with Crippen molar-refractivity contribution in [1.82, 2.24) is 4.90 Å². The Kier molecular flexibility index (Phi) is 4.77. The van der Waals surface area contributed by atoms with E-state index in [1.165, 1.54) is 0 Å². The van der Waals surface area contributed by atoms with Gasteiger partial charge in [-0.05, 0) is 48.5 Å². The summed E-state index contributed by atoms with van der Waals surface area (Å²) < 4.78 is 0. The van der Waals surface area contributed by atoms with E-state index in [4.69, 9.17) is 5.73 Å². The molecule has 1 amide bonds.